The summed E-state index contributed by atoms with van der Waals surface area (Å²) in [4.78, 5) is 5.61. The van der Waals surface area contributed by atoms with Crippen LogP contribution in [0.3, 0.4) is 0 Å². The van der Waals surface area contributed by atoms with Crippen molar-refractivity contribution < 1.29 is 0 Å². The number of aliphatic imine (C=N–C) groups is 1. The van der Waals surface area contributed by atoms with Crippen molar-refractivity contribution >= 4 is 29.6 Å². The quantitative estimate of drug-likeness (QED) is 0.383. The molecule has 0 N–H and O–H groups in total. The highest BCUT2D eigenvalue weighted by Crippen LogP contribution is 2.30. The monoisotopic (exact) mass is 269 g/mol. The zero-order valence-corrected chi connectivity index (χ0v) is 12.2. The van der Waals surface area contributed by atoms with E-state index in [1.54, 1.807) is 0 Å². The molecule has 0 fully saturated rings. The van der Waals surface area contributed by atoms with Crippen LogP contribution in [0.25, 0.3) is 0 Å². The molecule has 1 rings (SSSR count). The normalized spacial score (nSPS) is 11.2. The van der Waals surface area contributed by atoms with Crippen LogP contribution in [0.5, 0.6) is 0 Å². The number of hydrogen-bond acceptors (Lipinski definition) is 2. The average molecular weight is 270 g/mol. The molecular weight excluding hydrogens is 250 g/mol. The van der Waals surface area contributed by atoms with E-state index in [0.29, 0.717) is 0 Å². The van der Waals surface area contributed by atoms with E-state index in [4.69, 9.17) is 11.6 Å². The topological polar surface area (TPSA) is 12.4 Å². The number of nitrogens with zero attached hydrogens (tertiary/aromatic N) is 1. The minimum absolute atomic E-state index is 0.836. The molecule has 0 amide bonds. The SMILES string of the molecule is CCCCN=Cc1cccc(Cl)c1SCCC. The van der Waals surface area contributed by atoms with Crippen molar-refractivity contribution in [2.24, 2.45) is 4.99 Å². The highest BCUT2D eigenvalue weighted by atomic mass is 35.5. The van der Waals surface area contributed by atoms with Crippen LogP contribution in [0.4, 0.5) is 0 Å². The van der Waals surface area contributed by atoms with Gasteiger partial charge in [-0.2, -0.15) is 0 Å². The number of halogens is 1. The maximum atomic E-state index is 6.22. The Bertz CT molecular complexity index is 363. The first-order valence-electron chi connectivity index (χ1n) is 6.20. The van der Waals surface area contributed by atoms with Crippen LogP contribution in [0.1, 0.15) is 38.7 Å². The van der Waals surface area contributed by atoms with Crippen LogP contribution < -0.4 is 0 Å². The number of rotatable bonds is 7. The van der Waals surface area contributed by atoms with Crippen LogP contribution >= 0.6 is 23.4 Å². The van der Waals surface area contributed by atoms with E-state index in [0.717, 1.165) is 40.6 Å². The van der Waals surface area contributed by atoms with Crippen molar-refractivity contribution in [1.82, 2.24) is 0 Å². The molecule has 3 heteroatoms. The Labute approximate surface area is 114 Å². The molecule has 0 bridgehead atoms. The fraction of sp³-hybridized carbons (Fsp3) is 0.500. The lowest BCUT2D eigenvalue weighted by Crippen LogP contribution is -1.90. The summed E-state index contributed by atoms with van der Waals surface area (Å²) in [7, 11) is 0. The maximum Gasteiger partial charge on any atom is 0.0548 e. The van der Waals surface area contributed by atoms with Gasteiger partial charge < -0.3 is 0 Å². The molecule has 94 valence electrons. The van der Waals surface area contributed by atoms with Crippen molar-refractivity contribution in [3.8, 4) is 0 Å². The number of benzene rings is 1. The van der Waals surface area contributed by atoms with Gasteiger partial charge in [0.2, 0.25) is 0 Å². The third-order valence-electron chi connectivity index (χ3n) is 2.32. The Morgan fingerprint density at radius 3 is 2.82 bits per heavy atom. The molecule has 0 saturated carbocycles. The van der Waals surface area contributed by atoms with E-state index >= 15 is 0 Å². The van der Waals surface area contributed by atoms with Gasteiger partial charge in [0.15, 0.2) is 0 Å². The first-order chi connectivity index (χ1) is 8.29. The number of thioether (sulfide) groups is 1. The average Bonchev–Trinajstić information content (AvgIpc) is 2.34. The van der Waals surface area contributed by atoms with E-state index in [1.807, 2.05) is 30.1 Å². The molecule has 0 aromatic heterocycles. The Morgan fingerprint density at radius 2 is 2.12 bits per heavy atom. The van der Waals surface area contributed by atoms with Gasteiger partial charge in [-0.1, -0.05) is 44.0 Å². The smallest absolute Gasteiger partial charge is 0.0548 e. The third kappa shape index (κ3) is 5.13. The summed E-state index contributed by atoms with van der Waals surface area (Å²) in [6, 6.07) is 6.02. The van der Waals surface area contributed by atoms with Crippen molar-refractivity contribution in [3.05, 3.63) is 28.8 Å². The molecule has 0 aliphatic rings. The van der Waals surface area contributed by atoms with Crippen molar-refractivity contribution in [2.75, 3.05) is 12.3 Å². The summed E-state index contributed by atoms with van der Waals surface area (Å²) in [5.41, 5.74) is 1.15. The zero-order valence-electron chi connectivity index (χ0n) is 10.6. The Morgan fingerprint density at radius 1 is 1.29 bits per heavy atom. The third-order valence-corrected chi connectivity index (χ3v) is 4.10. The predicted octanol–water partition coefficient (Wildman–Crippen LogP) is 5.06. The predicted molar refractivity (Wildman–Crippen MR) is 79.8 cm³/mol. The lowest BCUT2D eigenvalue weighted by molar-refractivity contribution is 0.810. The standard InChI is InChI=1S/C14H20ClNS/c1-3-5-9-16-11-12-7-6-8-13(15)14(12)17-10-4-2/h6-8,11H,3-5,9-10H2,1-2H3. The summed E-state index contributed by atoms with van der Waals surface area (Å²) < 4.78 is 0. The second-order valence-corrected chi connectivity index (χ2v) is 5.41. The second-order valence-electron chi connectivity index (χ2n) is 3.90. The van der Waals surface area contributed by atoms with Crippen molar-refractivity contribution in [3.63, 3.8) is 0 Å². The van der Waals surface area contributed by atoms with Gasteiger partial charge in [0.25, 0.3) is 0 Å². The van der Waals surface area contributed by atoms with Crippen LogP contribution in [0.2, 0.25) is 5.02 Å². The first kappa shape index (κ1) is 14.6. The highest BCUT2D eigenvalue weighted by molar-refractivity contribution is 7.99. The summed E-state index contributed by atoms with van der Waals surface area (Å²) >= 11 is 8.04. The van der Waals surface area contributed by atoms with Gasteiger partial charge in [-0.25, -0.2) is 0 Å². The van der Waals surface area contributed by atoms with Crippen LogP contribution in [-0.4, -0.2) is 18.5 Å². The van der Waals surface area contributed by atoms with E-state index in [1.165, 1.54) is 6.42 Å². The van der Waals surface area contributed by atoms with Gasteiger partial charge in [-0.15, -0.1) is 11.8 Å². The molecule has 0 spiro atoms. The van der Waals surface area contributed by atoms with Crippen molar-refractivity contribution in [2.45, 2.75) is 38.0 Å². The maximum absolute atomic E-state index is 6.22. The van der Waals surface area contributed by atoms with Gasteiger partial charge in [0.05, 0.1) is 5.02 Å². The zero-order chi connectivity index (χ0) is 12.5. The van der Waals surface area contributed by atoms with Gasteiger partial charge in [0.1, 0.15) is 0 Å². The minimum Gasteiger partial charge on any atom is -0.293 e. The summed E-state index contributed by atoms with van der Waals surface area (Å²) in [5.74, 6) is 1.10. The highest BCUT2D eigenvalue weighted by Gasteiger charge is 2.05. The fourth-order valence-electron chi connectivity index (χ4n) is 1.40. The largest absolute Gasteiger partial charge is 0.293 e. The lowest BCUT2D eigenvalue weighted by Gasteiger charge is -2.06. The fourth-order valence-corrected chi connectivity index (χ4v) is 2.64. The minimum atomic E-state index is 0.836. The molecule has 0 aliphatic heterocycles. The Kier molecular flexibility index (Phi) is 7.38. The van der Waals surface area contributed by atoms with Crippen LogP contribution in [0, 0.1) is 0 Å². The molecule has 0 aliphatic carbocycles. The first-order valence-corrected chi connectivity index (χ1v) is 7.57. The molecule has 0 atom stereocenters. The van der Waals surface area contributed by atoms with Gasteiger partial charge in [0, 0.05) is 23.2 Å². The van der Waals surface area contributed by atoms with Gasteiger partial charge in [-0.05, 0) is 24.7 Å². The molecular formula is C14H20ClNS. The molecule has 0 radical (unpaired) electrons. The van der Waals surface area contributed by atoms with E-state index in [9.17, 15) is 0 Å². The molecule has 0 unspecified atom stereocenters. The summed E-state index contributed by atoms with van der Waals surface area (Å²) in [5, 5.41) is 0.836. The Hall–Kier alpha value is -0.470. The molecule has 0 heterocycles. The number of unbranched alkanes of at least 4 members (excludes halogenated alkanes) is 1. The van der Waals surface area contributed by atoms with E-state index in [2.05, 4.69) is 24.9 Å². The summed E-state index contributed by atoms with van der Waals surface area (Å²) in [6.45, 7) is 5.26. The van der Waals surface area contributed by atoms with Crippen molar-refractivity contribution in [1.29, 1.82) is 0 Å². The Balaban J connectivity index is 2.75. The van der Waals surface area contributed by atoms with E-state index in [-0.39, 0.29) is 0 Å². The second kappa shape index (κ2) is 8.60. The van der Waals surface area contributed by atoms with E-state index < -0.39 is 0 Å². The molecule has 1 nitrogen and oxygen atoms in total. The van der Waals surface area contributed by atoms with Crippen LogP contribution in [-0.2, 0) is 0 Å². The molecule has 1 aromatic carbocycles. The summed E-state index contributed by atoms with van der Waals surface area (Å²) in [6.07, 6.45) is 5.45. The lowest BCUT2D eigenvalue weighted by atomic mass is 10.2. The van der Waals surface area contributed by atoms with Gasteiger partial charge in [-0.3, -0.25) is 4.99 Å². The molecule has 1 aromatic rings. The van der Waals surface area contributed by atoms with Crippen LogP contribution in [0.15, 0.2) is 28.1 Å². The molecule has 17 heavy (non-hydrogen) atoms. The molecule has 0 saturated heterocycles. The number of hydrogen-bond donors (Lipinski definition) is 0. The van der Waals surface area contributed by atoms with Gasteiger partial charge >= 0.3 is 0 Å².